The summed E-state index contributed by atoms with van der Waals surface area (Å²) in [5.74, 6) is -0.779. The number of hydrogen-bond donors (Lipinski definition) is 2. The molecular formula is C23H29N5O5. The first kappa shape index (κ1) is 21.7. The monoisotopic (exact) mass is 455 g/mol. The van der Waals surface area contributed by atoms with Gasteiger partial charge in [-0.05, 0) is 45.2 Å². The van der Waals surface area contributed by atoms with E-state index < -0.39 is 23.1 Å². The SMILES string of the molecule is Cn1c(=O)n(C2CCC(=O)NC2=O)c2cccc(C34CC(CN(C(=O)OC(C)(C)C)C3)N4)c21. The number of para-hydroxylation sites is 1. The van der Waals surface area contributed by atoms with Crippen LogP contribution < -0.4 is 16.3 Å². The topological polar surface area (TPSA) is 115 Å². The number of carbonyl (C=O) groups is 3. The lowest BCUT2D eigenvalue weighted by Crippen LogP contribution is -2.74. The predicted octanol–water partition coefficient (Wildman–Crippen LogP) is 1.13. The van der Waals surface area contributed by atoms with Crippen LogP contribution in [0.2, 0.25) is 0 Å². The van der Waals surface area contributed by atoms with Crippen molar-refractivity contribution in [2.24, 2.45) is 7.05 Å². The van der Waals surface area contributed by atoms with E-state index in [4.69, 9.17) is 4.74 Å². The zero-order chi connectivity index (χ0) is 23.7. The summed E-state index contributed by atoms with van der Waals surface area (Å²) < 4.78 is 8.64. The second-order valence-corrected chi connectivity index (χ2v) is 10.3. The number of amides is 3. The molecule has 0 radical (unpaired) electrons. The molecule has 2 bridgehead atoms. The Bertz CT molecular complexity index is 1230. The molecule has 6 rings (SSSR count). The van der Waals surface area contributed by atoms with Crippen LogP contribution in [0, 0.1) is 0 Å². The number of carbonyl (C=O) groups excluding carboxylic acids is 3. The van der Waals surface area contributed by atoms with E-state index in [0.717, 1.165) is 17.5 Å². The summed E-state index contributed by atoms with van der Waals surface area (Å²) in [6.07, 6.45) is 0.964. The van der Waals surface area contributed by atoms with E-state index in [0.29, 0.717) is 18.6 Å². The first-order valence-corrected chi connectivity index (χ1v) is 11.3. The number of fused-ring (bicyclic) bond motifs is 3. The van der Waals surface area contributed by atoms with Crippen molar-refractivity contribution >= 4 is 28.9 Å². The average molecular weight is 456 g/mol. The Morgan fingerprint density at radius 2 is 1.94 bits per heavy atom. The Balaban J connectivity index is 1.55. The third kappa shape index (κ3) is 3.43. The molecular weight excluding hydrogens is 426 g/mol. The number of ether oxygens (including phenoxy) is 1. The number of piperidine rings is 2. The maximum Gasteiger partial charge on any atom is 0.410 e. The maximum absolute atomic E-state index is 13.3. The van der Waals surface area contributed by atoms with Crippen LogP contribution in [0.25, 0.3) is 11.0 Å². The number of imidazole rings is 1. The van der Waals surface area contributed by atoms with Crippen molar-refractivity contribution in [1.29, 1.82) is 0 Å². The third-order valence-electron chi connectivity index (χ3n) is 6.77. The fraction of sp³-hybridized carbons (Fsp3) is 0.565. The largest absolute Gasteiger partial charge is 0.444 e. The minimum atomic E-state index is -0.738. The minimum absolute atomic E-state index is 0.149. The van der Waals surface area contributed by atoms with Crippen LogP contribution in [0.15, 0.2) is 23.0 Å². The van der Waals surface area contributed by atoms with Crippen LogP contribution >= 0.6 is 0 Å². The van der Waals surface area contributed by atoms with Crippen molar-refractivity contribution < 1.29 is 19.1 Å². The molecule has 33 heavy (non-hydrogen) atoms. The molecule has 3 amide bonds. The summed E-state index contributed by atoms with van der Waals surface area (Å²) in [6.45, 7) is 6.53. The Kier molecular flexibility index (Phi) is 4.72. The molecule has 0 aliphatic carbocycles. The van der Waals surface area contributed by atoms with Crippen LogP contribution in [0.5, 0.6) is 0 Å². The average Bonchev–Trinajstić information content (AvgIpc) is 2.97. The summed E-state index contributed by atoms with van der Waals surface area (Å²) in [5, 5.41) is 5.94. The number of nitrogens with zero attached hydrogens (tertiary/aromatic N) is 3. The molecule has 2 aromatic rings. The highest BCUT2D eigenvalue weighted by molar-refractivity contribution is 6.00. The van der Waals surface area contributed by atoms with E-state index in [2.05, 4.69) is 10.6 Å². The van der Waals surface area contributed by atoms with Crippen molar-refractivity contribution in [2.45, 2.75) is 63.3 Å². The van der Waals surface area contributed by atoms with Gasteiger partial charge in [-0.15, -0.1) is 0 Å². The van der Waals surface area contributed by atoms with Crippen LogP contribution in [0.4, 0.5) is 4.79 Å². The lowest BCUT2D eigenvalue weighted by molar-refractivity contribution is -0.135. The Labute approximate surface area is 190 Å². The number of nitrogens with one attached hydrogen (secondary N) is 2. The summed E-state index contributed by atoms with van der Waals surface area (Å²) in [5.41, 5.74) is 0.894. The zero-order valence-corrected chi connectivity index (χ0v) is 19.3. The Morgan fingerprint density at radius 3 is 2.61 bits per heavy atom. The molecule has 3 atom stereocenters. The molecule has 0 saturated carbocycles. The van der Waals surface area contributed by atoms with Gasteiger partial charge in [-0.25, -0.2) is 9.59 Å². The molecule has 2 N–H and O–H groups in total. The number of piperazine rings is 1. The number of aromatic nitrogens is 2. The van der Waals surface area contributed by atoms with E-state index in [-0.39, 0.29) is 36.6 Å². The second kappa shape index (κ2) is 7.18. The quantitative estimate of drug-likeness (QED) is 0.656. The molecule has 10 heteroatoms. The van der Waals surface area contributed by atoms with E-state index in [1.165, 1.54) is 4.57 Å². The van der Waals surface area contributed by atoms with Gasteiger partial charge in [-0.2, -0.15) is 0 Å². The molecule has 176 valence electrons. The molecule has 4 fully saturated rings. The highest BCUT2D eigenvalue weighted by atomic mass is 16.6. The summed E-state index contributed by atoms with van der Waals surface area (Å²) in [4.78, 5) is 51.9. The molecule has 4 saturated heterocycles. The van der Waals surface area contributed by atoms with E-state index >= 15 is 0 Å². The summed E-state index contributed by atoms with van der Waals surface area (Å²) >= 11 is 0. The van der Waals surface area contributed by atoms with Crippen molar-refractivity contribution in [3.05, 3.63) is 34.2 Å². The highest BCUT2D eigenvalue weighted by Crippen LogP contribution is 2.43. The van der Waals surface area contributed by atoms with Gasteiger partial charge in [0.1, 0.15) is 11.6 Å². The normalized spacial score (nSPS) is 27.3. The predicted molar refractivity (Wildman–Crippen MR) is 120 cm³/mol. The van der Waals surface area contributed by atoms with Gasteiger partial charge in [0, 0.05) is 32.6 Å². The maximum atomic E-state index is 13.3. The standard InChI is InChI=1S/C23H29N5O5/c1-22(2,3)33-21(32)27-11-13-10-23(12-27,25-13)14-6-5-7-15-18(14)26(4)20(31)28(15)16-8-9-17(29)24-19(16)30/h5-7,13,16,25H,8-12H2,1-4H3,(H,24,29,30). The van der Waals surface area contributed by atoms with Gasteiger partial charge in [-0.3, -0.25) is 24.0 Å². The fourth-order valence-corrected chi connectivity index (χ4v) is 5.46. The molecule has 0 spiro atoms. The van der Waals surface area contributed by atoms with Crippen LogP contribution in [-0.4, -0.2) is 56.7 Å². The van der Waals surface area contributed by atoms with E-state index in [1.807, 2.05) is 39.0 Å². The van der Waals surface area contributed by atoms with Gasteiger partial charge in [0.2, 0.25) is 11.8 Å². The van der Waals surface area contributed by atoms with Gasteiger partial charge in [-0.1, -0.05) is 12.1 Å². The smallest absolute Gasteiger partial charge is 0.410 e. The number of rotatable bonds is 2. The van der Waals surface area contributed by atoms with Crippen molar-refractivity contribution in [1.82, 2.24) is 24.7 Å². The van der Waals surface area contributed by atoms with Crippen molar-refractivity contribution in [3.63, 3.8) is 0 Å². The van der Waals surface area contributed by atoms with Crippen LogP contribution in [0.1, 0.15) is 51.6 Å². The Morgan fingerprint density at radius 1 is 1.21 bits per heavy atom. The second-order valence-electron chi connectivity index (χ2n) is 10.3. The molecule has 1 aromatic heterocycles. The van der Waals surface area contributed by atoms with Crippen LogP contribution in [-0.2, 0) is 26.9 Å². The van der Waals surface area contributed by atoms with Gasteiger partial charge < -0.3 is 15.0 Å². The minimum Gasteiger partial charge on any atom is -0.444 e. The first-order valence-electron chi connectivity index (χ1n) is 11.3. The van der Waals surface area contributed by atoms with Gasteiger partial charge in [0.15, 0.2) is 0 Å². The molecule has 4 aliphatic rings. The van der Waals surface area contributed by atoms with E-state index in [1.54, 1.807) is 16.5 Å². The molecule has 5 heterocycles. The third-order valence-corrected chi connectivity index (χ3v) is 6.77. The summed E-state index contributed by atoms with van der Waals surface area (Å²) in [7, 11) is 1.69. The number of benzene rings is 1. The van der Waals surface area contributed by atoms with Crippen molar-refractivity contribution in [2.75, 3.05) is 13.1 Å². The highest BCUT2D eigenvalue weighted by Gasteiger charge is 2.53. The van der Waals surface area contributed by atoms with Gasteiger partial charge in [0.25, 0.3) is 0 Å². The zero-order valence-electron chi connectivity index (χ0n) is 19.3. The lowest BCUT2D eigenvalue weighted by Gasteiger charge is -2.57. The number of imide groups is 1. The van der Waals surface area contributed by atoms with Gasteiger partial charge in [0.05, 0.1) is 16.6 Å². The number of hydrogen-bond acceptors (Lipinski definition) is 6. The number of aryl methyl sites for hydroxylation is 1. The molecule has 1 aromatic carbocycles. The Hall–Kier alpha value is -3.14. The van der Waals surface area contributed by atoms with Crippen molar-refractivity contribution in [3.8, 4) is 0 Å². The van der Waals surface area contributed by atoms with E-state index in [9.17, 15) is 19.2 Å². The molecule has 4 aliphatic heterocycles. The van der Waals surface area contributed by atoms with Crippen LogP contribution in [0.3, 0.4) is 0 Å². The lowest BCUT2D eigenvalue weighted by atomic mass is 9.72. The molecule has 10 nitrogen and oxygen atoms in total. The summed E-state index contributed by atoms with van der Waals surface area (Å²) in [6, 6.07) is 5.08. The fourth-order valence-electron chi connectivity index (χ4n) is 5.46. The first-order chi connectivity index (χ1) is 15.5. The molecule has 3 unspecified atom stereocenters. The van der Waals surface area contributed by atoms with Gasteiger partial charge >= 0.3 is 11.8 Å².